The fourth-order valence-electron chi connectivity index (χ4n) is 1.40. The molecule has 1 unspecified atom stereocenters. The molecule has 18 heavy (non-hydrogen) atoms. The number of rotatable bonds is 8. The van der Waals surface area contributed by atoms with E-state index in [-0.39, 0.29) is 12.5 Å². The summed E-state index contributed by atoms with van der Waals surface area (Å²) in [6.07, 6.45) is 1.66. The summed E-state index contributed by atoms with van der Waals surface area (Å²) in [4.78, 5) is 24.4. The Kier molecular flexibility index (Phi) is 7.78. The number of ether oxygens (including phenoxy) is 1. The molecule has 1 atom stereocenters. The first-order chi connectivity index (χ1) is 8.43. The van der Waals surface area contributed by atoms with Crippen LogP contribution < -0.4 is 5.32 Å². The highest BCUT2D eigenvalue weighted by Gasteiger charge is 2.23. The van der Waals surface area contributed by atoms with Crippen LogP contribution in [0.5, 0.6) is 0 Å². The Balaban J connectivity index is 4.55. The van der Waals surface area contributed by atoms with E-state index < -0.39 is 18.0 Å². The van der Waals surface area contributed by atoms with Crippen LogP contribution in [-0.2, 0) is 9.53 Å². The van der Waals surface area contributed by atoms with Gasteiger partial charge >= 0.3 is 12.0 Å². The normalized spacial score (nSPS) is 12.0. The van der Waals surface area contributed by atoms with E-state index in [0.29, 0.717) is 13.2 Å². The second kappa shape index (κ2) is 8.52. The van der Waals surface area contributed by atoms with E-state index in [1.165, 1.54) is 11.0 Å². The lowest BCUT2D eigenvalue weighted by Crippen LogP contribution is -2.50. The second-order valence-corrected chi connectivity index (χ2v) is 4.14. The standard InChI is InChI=1S/C12H22N2O4/c1-5-6-10(11(15)16)13-12(17)14(9(2)3)7-8-18-4/h5,9-10H,1,6-8H2,2-4H3,(H,13,17)(H,15,16). The number of carbonyl (C=O) groups is 2. The minimum atomic E-state index is -1.07. The van der Waals surface area contributed by atoms with Gasteiger partial charge in [-0.2, -0.15) is 0 Å². The number of urea groups is 1. The van der Waals surface area contributed by atoms with Crippen molar-refractivity contribution in [3.8, 4) is 0 Å². The number of hydrogen-bond acceptors (Lipinski definition) is 3. The summed E-state index contributed by atoms with van der Waals surface area (Å²) >= 11 is 0. The van der Waals surface area contributed by atoms with E-state index in [1.807, 2.05) is 13.8 Å². The first-order valence-electron chi connectivity index (χ1n) is 5.83. The van der Waals surface area contributed by atoms with Gasteiger partial charge < -0.3 is 20.1 Å². The predicted molar refractivity (Wildman–Crippen MR) is 68.5 cm³/mol. The largest absolute Gasteiger partial charge is 0.480 e. The van der Waals surface area contributed by atoms with Crippen molar-refractivity contribution in [3.05, 3.63) is 12.7 Å². The van der Waals surface area contributed by atoms with Gasteiger partial charge in [0.2, 0.25) is 0 Å². The Morgan fingerprint density at radius 2 is 2.11 bits per heavy atom. The first kappa shape index (κ1) is 16.4. The van der Waals surface area contributed by atoms with Crippen LogP contribution in [0.3, 0.4) is 0 Å². The molecule has 0 aromatic heterocycles. The minimum Gasteiger partial charge on any atom is -0.480 e. The molecule has 0 aromatic carbocycles. The third-order valence-electron chi connectivity index (χ3n) is 2.42. The SMILES string of the molecule is C=CCC(NC(=O)N(CCOC)C(C)C)C(=O)O. The lowest BCUT2D eigenvalue weighted by Gasteiger charge is -2.28. The molecule has 0 rings (SSSR count). The van der Waals surface area contributed by atoms with E-state index in [9.17, 15) is 9.59 Å². The molecule has 0 aliphatic rings. The number of amides is 2. The zero-order valence-corrected chi connectivity index (χ0v) is 11.2. The van der Waals surface area contributed by atoms with Crippen LogP contribution in [0.1, 0.15) is 20.3 Å². The molecule has 0 bridgehead atoms. The van der Waals surface area contributed by atoms with Gasteiger partial charge in [0.05, 0.1) is 6.61 Å². The Hall–Kier alpha value is -1.56. The lowest BCUT2D eigenvalue weighted by molar-refractivity contribution is -0.139. The molecule has 2 N–H and O–H groups in total. The zero-order valence-electron chi connectivity index (χ0n) is 11.2. The highest BCUT2D eigenvalue weighted by atomic mass is 16.5. The molecular weight excluding hydrogens is 236 g/mol. The fraction of sp³-hybridized carbons (Fsp3) is 0.667. The van der Waals surface area contributed by atoms with Gasteiger partial charge in [-0.15, -0.1) is 6.58 Å². The van der Waals surface area contributed by atoms with Crippen molar-refractivity contribution in [1.29, 1.82) is 0 Å². The summed E-state index contributed by atoms with van der Waals surface area (Å²) in [6.45, 7) is 8.02. The fourth-order valence-corrected chi connectivity index (χ4v) is 1.40. The van der Waals surface area contributed by atoms with Crippen LogP contribution in [0.4, 0.5) is 4.79 Å². The minimum absolute atomic E-state index is 0.0293. The molecule has 0 aliphatic carbocycles. The van der Waals surface area contributed by atoms with Gasteiger partial charge in [-0.25, -0.2) is 9.59 Å². The maximum atomic E-state index is 11.9. The zero-order chi connectivity index (χ0) is 14.1. The van der Waals surface area contributed by atoms with E-state index in [4.69, 9.17) is 9.84 Å². The average Bonchev–Trinajstić information content (AvgIpc) is 2.28. The molecule has 6 heteroatoms. The second-order valence-electron chi connectivity index (χ2n) is 4.14. The molecular formula is C12H22N2O4. The lowest BCUT2D eigenvalue weighted by atomic mass is 10.2. The summed E-state index contributed by atoms with van der Waals surface area (Å²) in [5, 5.41) is 11.4. The van der Waals surface area contributed by atoms with Crippen LogP contribution in [0, 0.1) is 0 Å². The first-order valence-corrected chi connectivity index (χ1v) is 5.83. The molecule has 0 heterocycles. The summed E-state index contributed by atoms with van der Waals surface area (Å²) in [5.41, 5.74) is 0. The van der Waals surface area contributed by atoms with Gasteiger partial charge in [-0.3, -0.25) is 0 Å². The number of aliphatic carboxylic acids is 1. The van der Waals surface area contributed by atoms with Crippen molar-refractivity contribution in [2.45, 2.75) is 32.4 Å². The summed E-state index contributed by atoms with van der Waals surface area (Å²) in [6, 6.07) is -1.38. The molecule has 0 aromatic rings. The van der Waals surface area contributed by atoms with Gasteiger partial charge in [0, 0.05) is 19.7 Å². The maximum Gasteiger partial charge on any atom is 0.326 e. The van der Waals surface area contributed by atoms with E-state index in [0.717, 1.165) is 0 Å². The average molecular weight is 258 g/mol. The number of methoxy groups -OCH3 is 1. The van der Waals surface area contributed by atoms with Crippen LogP contribution in [-0.4, -0.2) is 54.4 Å². The Labute approximate surface area is 108 Å². The Bertz CT molecular complexity index is 292. The third-order valence-corrected chi connectivity index (χ3v) is 2.42. The molecule has 0 saturated heterocycles. The number of nitrogens with zero attached hydrogens (tertiary/aromatic N) is 1. The van der Waals surface area contributed by atoms with E-state index >= 15 is 0 Å². The molecule has 0 fully saturated rings. The molecule has 2 amide bonds. The van der Waals surface area contributed by atoms with Crippen molar-refractivity contribution < 1.29 is 19.4 Å². The number of carboxylic acids is 1. The van der Waals surface area contributed by atoms with E-state index in [1.54, 1.807) is 7.11 Å². The topological polar surface area (TPSA) is 78.9 Å². The van der Waals surface area contributed by atoms with Gasteiger partial charge in [-0.1, -0.05) is 6.08 Å². The van der Waals surface area contributed by atoms with Crippen molar-refractivity contribution in [2.75, 3.05) is 20.3 Å². The summed E-state index contributed by atoms with van der Waals surface area (Å²) in [5.74, 6) is -1.07. The third kappa shape index (κ3) is 5.67. The molecule has 0 radical (unpaired) electrons. The van der Waals surface area contributed by atoms with Gasteiger partial charge in [0.15, 0.2) is 0 Å². The Morgan fingerprint density at radius 3 is 2.50 bits per heavy atom. The quantitative estimate of drug-likeness (QED) is 0.639. The number of carbonyl (C=O) groups excluding carboxylic acids is 1. The van der Waals surface area contributed by atoms with Crippen LogP contribution in [0.2, 0.25) is 0 Å². The Morgan fingerprint density at radius 1 is 1.50 bits per heavy atom. The molecule has 0 saturated carbocycles. The number of carboxylic acid groups (broad SMARTS) is 1. The highest BCUT2D eigenvalue weighted by Crippen LogP contribution is 2.01. The van der Waals surface area contributed by atoms with E-state index in [2.05, 4.69) is 11.9 Å². The highest BCUT2D eigenvalue weighted by molar-refractivity contribution is 5.82. The molecule has 6 nitrogen and oxygen atoms in total. The predicted octanol–water partition coefficient (Wildman–Crippen LogP) is 1.08. The van der Waals surface area contributed by atoms with Crippen molar-refractivity contribution in [1.82, 2.24) is 10.2 Å². The van der Waals surface area contributed by atoms with Gasteiger partial charge in [0.25, 0.3) is 0 Å². The van der Waals surface area contributed by atoms with Crippen molar-refractivity contribution in [2.24, 2.45) is 0 Å². The summed E-state index contributed by atoms with van der Waals surface area (Å²) in [7, 11) is 1.55. The number of hydrogen-bond donors (Lipinski definition) is 2. The summed E-state index contributed by atoms with van der Waals surface area (Å²) < 4.78 is 4.92. The van der Waals surface area contributed by atoms with Crippen LogP contribution in [0.15, 0.2) is 12.7 Å². The molecule has 0 aliphatic heterocycles. The van der Waals surface area contributed by atoms with Crippen LogP contribution in [0.25, 0.3) is 0 Å². The van der Waals surface area contributed by atoms with Crippen molar-refractivity contribution in [3.63, 3.8) is 0 Å². The maximum absolute atomic E-state index is 11.9. The van der Waals surface area contributed by atoms with Crippen molar-refractivity contribution >= 4 is 12.0 Å². The van der Waals surface area contributed by atoms with Crippen LogP contribution >= 0.6 is 0 Å². The molecule has 0 spiro atoms. The number of nitrogens with one attached hydrogen (secondary N) is 1. The molecule has 104 valence electrons. The van der Waals surface area contributed by atoms with Gasteiger partial charge in [-0.05, 0) is 20.3 Å². The monoisotopic (exact) mass is 258 g/mol. The smallest absolute Gasteiger partial charge is 0.326 e. The van der Waals surface area contributed by atoms with Gasteiger partial charge in [0.1, 0.15) is 6.04 Å².